The van der Waals surface area contributed by atoms with Crippen molar-refractivity contribution >= 4 is 56.5 Å². The first-order chi connectivity index (χ1) is 31.8. The first kappa shape index (κ1) is 46.2. The van der Waals surface area contributed by atoms with Crippen molar-refractivity contribution in [2.75, 3.05) is 18.9 Å². The van der Waals surface area contributed by atoms with Crippen molar-refractivity contribution in [3.63, 3.8) is 0 Å². The van der Waals surface area contributed by atoms with E-state index in [1.165, 1.54) is 11.0 Å². The number of ether oxygens (including phenoxy) is 3. The number of sulfonamides is 1. The average Bonchev–Trinajstić information content (AvgIpc) is 4.26. The normalized spacial score (nSPS) is 28.8. The Morgan fingerprint density at radius 1 is 1.05 bits per heavy atom. The minimum Gasteiger partial charge on any atom is -0.492 e. The molecule has 0 unspecified atom stereocenters. The molecule has 1 aromatic carbocycles. The summed E-state index contributed by atoms with van der Waals surface area (Å²) in [5, 5.41) is 15.7. The predicted octanol–water partition coefficient (Wildman–Crippen LogP) is 5.51. The number of thioether (sulfide) groups is 1. The van der Waals surface area contributed by atoms with Crippen LogP contribution in [-0.4, -0.2) is 110 Å². The van der Waals surface area contributed by atoms with E-state index in [1.807, 2.05) is 35.9 Å². The third-order valence-electron chi connectivity index (χ3n) is 14.6. The molecule has 66 heavy (non-hydrogen) atoms. The summed E-state index contributed by atoms with van der Waals surface area (Å²) in [6.07, 6.45) is 12.6. The van der Waals surface area contributed by atoms with Crippen LogP contribution in [0.4, 0.5) is 4.79 Å². The molecule has 5 fully saturated rings. The maximum atomic E-state index is 15.1. The second kappa shape index (κ2) is 19.0. The molecule has 19 heteroatoms. The van der Waals surface area contributed by atoms with Crippen LogP contribution < -0.4 is 24.8 Å². The van der Waals surface area contributed by atoms with E-state index in [0.717, 1.165) is 92.5 Å². The minimum absolute atomic E-state index is 0.0121. The predicted molar refractivity (Wildman–Crippen MR) is 246 cm³/mol. The number of rotatable bonds is 13. The van der Waals surface area contributed by atoms with Gasteiger partial charge in [-0.05, 0) is 95.1 Å². The molecular weight excluding hydrogens is 885 g/mol. The molecule has 4 saturated carbocycles. The molecule has 0 spiro atoms. The molecule has 6 aliphatic rings. The Bertz CT molecular complexity index is 2460. The van der Waals surface area contributed by atoms with Gasteiger partial charge in [0.25, 0.3) is 5.91 Å². The number of fused-ring (bicyclic) bond motifs is 5. The Kier molecular flexibility index (Phi) is 13.3. The number of aromatic nitrogens is 4. The second-order valence-electron chi connectivity index (χ2n) is 19.4. The molecule has 4 aliphatic carbocycles. The van der Waals surface area contributed by atoms with Crippen LogP contribution in [0.3, 0.4) is 0 Å². The van der Waals surface area contributed by atoms with E-state index in [-0.39, 0.29) is 37.3 Å². The highest BCUT2D eigenvalue weighted by Gasteiger charge is 2.63. The fraction of sp³-hybridized carbons (Fsp3) is 0.638. The van der Waals surface area contributed by atoms with Crippen LogP contribution in [0.15, 0.2) is 48.4 Å². The van der Waals surface area contributed by atoms with Gasteiger partial charge in [-0.15, -0.1) is 16.8 Å². The smallest absolute Gasteiger partial charge is 0.408 e. The van der Waals surface area contributed by atoms with E-state index < -0.39 is 68.2 Å². The summed E-state index contributed by atoms with van der Waals surface area (Å²) in [6.45, 7) is 5.86. The molecule has 1 saturated heterocycles. The first-order valence-electron chi connectivity index (χ1n) is 23.8. The molecule has 0 radical (unpaired) electrons. The molecule has 2 aliphatic heterocycles. The fourth-order valence-electron chi connectivity index (χ4n) is 10.0. The van der Waals surface area contributed by atoms with Crippen LogP contribution in [0.2, 0.25) is 0 Å². The van der Waals surface area contributed by atoms with Gasteiger partial charge in [-0.25, -0.2) is 18.2 Å². The Morgan fingerprint density at radius 2 is 1.80 bits per heavy atom. The largest absolute Gasteiger partial charge is 0.492 e. The van der Waals surface area contributed by atoms with Crippen LogP contribution in [-0.2, 0) is 42.6 Å². The minimum atomic E-state index is -4.02. The van der Waals surface area contributed by atoms with Crippen LogP contribution in [0.25, 0.3) is 10.9 Å². The third kappa shape index (κ3) is 9.74. The van der Waals surface area contributed by atoms with Gasteiger partial charge in [-0.2, -0.15) is 0 Å². The van der Waals surface area contributed by atoms with Gasteiger partial charge in [-0.1, -0.05) is 62.1 Å². The van der Waals surface area contributed by atoms with Crippen molar-refractivity contribution < 1.29 is 41.8 Å². The average molecular weight is 947 g/mol. The Morgan fingerprint density at radius 3 is 2.53 bits per heavy atom. The summed E-state index contributed by atoms with van der Waals surface area (Å²) in [5.41, 5.74) is -0.0852. The van der Waals surface area contributed by atoms with Gasteiger partial charge in [0, 0.05) is 30.5 Å². The molecule has 17 nitrogen and oxygen atoms in total. The van der Waals surface area contributed by atoms with Gasteiger partial charge < -0.3 is 34.3 Å². The van der Waals surface area contributed by atoms with E-state index in [2.05, 4.69) is 32.1 Å². The number of hydrogen-bond donors (Lipinski definition) is 3. The van der Waals surface area contributed by atoms with E-state index in [0.29, 0.717) is 43.0 Å². The Labute approximate surface area is 390 Å². The molecule has 9 rings (SSSR count). The number of para-hydroxylation sites is 1. The van der Waals surface area contributed by atoms with E-state index in [4.69, 9.17) is 19.2 Å². The summed E-state index contributed by atoms with van der Waals surface area (Å²) in [5.74, 6) is -0.539. The number of aryl methyl sites for hydroxylation is 1. The van der Waals surface area contributed by atoms with Crippen LogP contribution in [0.5, 0.6) is 11.6 Å². The number of hydrogen-bond acceptors (Lipinski definition) is 13. The van der Waals surface area contributed by atoms with Crippen molar-refractivity contribution in [2.45, 2.75) is 149 Å². The highest BCUT2D eigenvalue weighted by Crippen LogP contribution is 2.48. The standard InChI is InChI=1S/C47H62N8O9S2/c1-4-31-26-47(31,43(58)53-66(60,61)46(2)20-21-46)51-40(56)36-25-32-27-55(36)42(57)38(29-14-7-5-8-15-29)50-45(59)64-37-24-30(37)16-9-6-10-18-34-39(33-17-11-12-19-35(33)49-41(34)63-32)62-22-13-23-65-44-52-48-28-54(44)3/h4,11-12,17,19,28-32,36-38H,1,5-10,13-16,18,20-27H2,2-3H3,(H,50,59)(H,51,56)(H,53,58)/t30-,31-,32-,36+,37-,38+,47-/m1/s1. The van der Waals surface area contributed by atoms with Crippen molar-refractivity contribution in [2.24, 2.45) is 24.8 Å². The van der Waals surface area contributed by atoms with Crippen molar-refractivity contribution in [3.05, 3.63) is 48.8 Å². The van der Waals surface area contributed by atoms with Gasteiger partial charge in [0.15, 0.2) is 5.16 Å². The maximum absolute atomic E-state index is 15.1. The summed E-state index contributed by atoms with van der Waals surface area (Å²) in [4.78, 5) is 63.9. The van der Waals surface area contributed by atoms with Gasteiger partial charge in [0.1, 0.15) is 41.9 Å². The molecule has 4 amide bonds. The molecule has 3 aromatic rings. The second-order valence-corrected chi connectivity index (χ2v) is 22.7. The number of carbonyl (C=O) groups excluding carboxylic acids is 4. The van der Waals surface area contributed by atoms with Gasteiger partial charge in [0.05, 0.1) is 29.0 Å². The molecule has 7 atom stereocenters. The number of amides is 4. The summed E-state index contributed by atoms with van der Waals surface area (Å²) in [6, 6.07) is 5.67. The fourth-order valence-corrected chi connectivity index (χ4v) is 12.1. The number of benzene rings is 1. The van der Waals surface area contributed by atoms with Gasteiger partial charge in [0.2, 0.25) is 27.7 Å². The van der Waals surface area contributed by atoms with Crippen molar-refractivity contribution in [3.8, 4) is 11.6 Å². The van der Waals surface area contributed by atoms with Crippen molar-refractivity contribution in [1.29, 1.82) is 0 Å². The number of carbonyl (C=O) groups is 4. The van der Waals surface area contributed by atoms with E-state index in [9.17, 15) is 22.8 Å². The lowest BCUT2D eigenvalue weighted by Gasteiger charge is -2.34. The number of alkyl carbamates (subject to hydrolysis) is 1. The number of nitrogens with one attached hydrogen (secondary N) is 3. The summed E-state index contributed by atoms with van der Waals surface area (Å²) >= 11 is 1.61. The lowest BCUT2D eigenvalue weighted by molar-refractivity contribution is -0.142. The molecule has 2 aromatic heterocycles. The molecule has 4 heterocycles. The zero-order chi connectivity index (χ0) is 46.2. The Hall–Kier alpha value is -4.91. The Balaban J connectivity index is 1.03. The van der Waals surface area contributed by atoms with E-state index in [1.54, 1.807) is 25.0 Å². The SMILES string of the molecule is C=C[C@@H]1C[C@]1(NC(=O)[C@@H]1C[C@@H]2CN1C(=O)[C@H](C1CCCCC1)NC(=O)O[C@@H]1C[C@H]1CCCCCc1c(nc3ccccc3c1OCCCSc1nncn1C)O2)C(=O)NS(=O)(=O)C1(C)CC1. The molecule has 3 N–H and O–H groups in total. The first-order valence-corrected chi connectivity index (χ1v) is 26.2. The molecular formula is C47H62N8O9S2. The lowest BCUT2D eigenvalue weighted by atomic mass is 9.83. The summed E-state index contributed by atoms with van der Waals surface area (Å²) < 4.78 is 49.1. The highest BCUT2D eigenvalue weighted by molar-refractivity contribution is 7.99. The van der Waals surface area contributed by atoms with Crippen molar-refractivity contribution in [1.82, 2.24) is 40.0 Å². The zero-order valence-corrected chi connectivity index (χ0v) is 39.5. The quantitative estimate of drug-likeness (QED) is 0.110. The number of nitrogens with zero attached hydrogens (tertiary/aromatic N) is 5. The highest BCUT2D eigenvalue weighted by atomic mass is 32.2. The summed E-state index contributed by atoms with van der Waals surface area (Å²) in [7, 11) is -2.11. The number of pyridine rings is 1. The topological polar surface area (TPSA) is 213 Å². The zero-order valence-electron chi connectivity index (χ0n) is 37.9. The van der Waals surface area contributed by atoms with Crippen LogP contribution >= 0.6 is 11.8 Å². The van der Waals surface area contributed by atoms with E-state index >= 15 is 4.79 Å². The van der Waals surface area contributed by atoms with Crippen LogP contribution in [0, 0.1) is 17.8 Å². The third-order valence-corrected chi connectivity index (χ3v) is 17.9. The van der Waals surface area contributed by atoms with Crippen LogP contribution in [0.1, 0.15) is 109 Å². The lowest BCUT2D eigenvalue weighted by Crippen LogP contribution is -2.59. The molecule has 356 valence electrons. The molecule has 2 bridgehead atoms. The van der Waals surface area contributed by atoms with Gasteiger partial charge >= 0.3 is 6.09 Å². The maximum Gasteiger partial charge on any atom is 0.408 e. The monoisotopic (exact) mass is 946 g/mol. The van der Waals surface area contributed by atoms with Gasteiger partial charge in [-0.3, -0.25) is 19.1 Å².